The molecule has 19 heavy (non-hydrogen) atoms. The number of aromatic nitrogens is 2. The molecule has 0 saturated heterocycles. The van der Waals surface area contributed by atoms with E-state index in [1.165, 1.54) is 0 Å². The molecule has 2 N–H and O–H groups in total. The normalized spacial score (nSPS) is 23.1. The molecule has 3 rings (SSSR count). The molecule has 0 spiro atoms. The van der Waals surface area contributed by atoms with Crippen LogP contribution in [0.5, 0.6) is 5.75 Å². The van der Waals surface area contributed by atoms with Crippen LogP contribution in [0, 0.1) is 0 Å². The Morgan fingerprint density at radius 1 is 1.32 bits per heavy atom. The van der Waals surface area contributed by atoms with Crippen molar-refractivity contribution in [1.29, 1.82) is 0 Å². The maximum absolute atomic E-state index is 6.08. The Morgan fingerprint density at radius 3 is 2.84 bits per heavy atom. The van der Waals surface area contributed by atoms with Gasteiger partial charge in [0.05, 0.1) is 24.2 Å². The van der Waals surface area contributed by atoms with Gasteiger partial charge in [0, 0.05) is 19.2 Å². The first-order valence-electron chi connectivity index (χ1n) is 6.57. The van der Waals surface area contributed by atoms with E-state index in [0.717, 1.165) is 36.0 Å². The number of rotatable bonds is 3. The number of anilines is 1. The molecule has 1 aromatic heterocycles. The van der Waals surface area contributed by atoms with Gasteiger partial charge in [0.1, 0.15) is 5.75 Å². The average molecular weight is 261 g/mol. The lowest BCUT2D eigenvalue weighted by Gasteiger charge is -2.15. The van der Waals surface area contributed by atoms with Crippen LogP contribution in [0.4, 0.5) is 5.95 Å². The molecule has 1 aliphatic carbocycles. The molecule has 2 aromatic rings. The Morgan fingerprint density at radius 2 is 2.16 bits per heavy atom. The van der Waals surface area contributed by atoms with Crippen LogP contribution in [-0.2, 0) is 4.74 Å². The topological polar surface area (TPSA) is 62.3 Å². The van der Waals surface area contributed by atoms with E-state index < -0.39 is 0 Å². The molecule has 0 aliphatic heterocycles. The second-order valence-electron chi connectivity index (χ2n) is 5.02. The third kappa shape index (κ3) is 2.04. The van der Waals surface area contributed by atoms with E-state index in [0.29, 0.717) is 18.1 Å². The second-order valence-corrected chi connectivity index (χ2v) is 5.02. The van der Waals surface area contributed by atoms with E-state index in [1.807, 2.05) is 18.2 Å². The van der Waals surface area contributed by atoms with E-state index in [2.05, 4.69) is 9.55 Å². The van der Waals surface area contributed by atoms with Gasteiger partial charge in [-0.1, -0.05) is 0 Å². The Kier molecular flexibility index (Phi) is 3.06. The minimum Gasteiger partial charge on any atom is -0.497 e. The van der Waals surface area contributed by atoms with Crippen molar-refractivity contribution in [3.05, 3.63) is 18.2 Å². The van der Waals surface area contributed by atoms with Gasteiger partial charge in [-0.3, -0.25) is 0 Å². The zero-order valence-electron chi connectivity index (χ0n) is 11.3. The Labute approximate surface area is 112 Å². The molecule has 0 radical (unpaired) electrons. The molecule has 0 amide bonds. The number of benzene rings is 1. The quantitative estimate of drug-likeness (QED) is 0.921. The summed E-state index contributed by atoms with van der Waals surface area (Å²) in [5.74, 6) is 1.38. The summed E-state index contributed by atoms with van der Waals surface area (Å²) in [5.41, 5.74) is 8.04. The zero-order chi connectivity index (χ0) is 13.4. The first kappa shape index (κ1) is 12.3. The minimum absolute atomic E-state index is 0.333. The number of fused-ring (bicyclic) bond motifs is 1. The van der Waals surface area contributed by atoms with Crippen molar-refractivity contribution >= 4 is 17.0 Å². The van der Waals surface area contributed by atoms with E-state index in [4.69, 9.17) is 15.2 Å². The molecule has 102 valence electrons. The van der Waals surface area contributed by atoms with Crippen molar-refractivity contribution in [3.8, 4) is 5.75 Å². The van der Waals surface area contributed by atoms with Crippen LogP contribution in [0.25, 0.3) is 11.0 Å². The van der Waals surface area contributed by atoms with Gasteiger partial charge in [-0.25, -0.2) is 4.98 Å². The summed E-state index contributed by atoms with van der Waals surface area (Å²) in [4.78, 5) is 4.44. The number of hydrogen-bond acceptors (Lipinski definition) is 4. The van der Waals surface area contributed by atoms with Gasteiger partial charge in [0.2, 0.25) is 5.95 Å². The molecule has 1 fully saturated rings. The van der Waals surface area contributed by atoms with Gasteiger partial charge in [0.15, 0.2) is 0 Å². The summed E-state index contributed by atoms with van der Waals surface area (Å²) < 4.78 is 12.8. The third-order valence-corrected chi connectivity index (χ3v) is 3.98. The lowest BCUT2D eigenvalue weighted by molar-refractivity contribution is 0.106. The molecule has 1 aromatic carbocycles. The van der Waals surface area contributed by atoms with Crippen LogP contribution in [-0.4, -0.2) is 29.9 Å². The molecule has 1 aliphatic rings. The number of imidazole rings is 1. The first-order chi connectivity index (χ1) is 9.22. The number of nitrogen functional groups attached to an aromatic ring is 1. The van der Waals surface area contributed by atoms with Gasteiger partial charge in [-0.15, -0.1) is 0 Å². The minimum atomic E-state index is 0.333. The number of hydrogen-bond donors (Lipinski definition) is 1. The SMILES string of the molecule is COc1ccc2c(c1)nc(N)n2C1CCC(OC)C1. The maximum atomic E-state index is 6.08. The van der Waals surface area contributed by atoms with E-state index >= 15 is 0 Å². The molecule has 0 bridgehead atoms. The highest BCUT2D eigenvalue weighted by atomic mass is 16.5. The number of ether oxygens (including phenoxy) is 2. The predicted octanol–water partition coefficient (Wildman–Crippen LogP) is 2.37. The predicted molar refractivity (Wildman–Crippen MR) is 74.4 cm³/mol. The maximum Gasteiger partial charge on any atom is 0.201 e. The van der Waals surface area contributed by atoms with Crippen molar-refractivity contribution in [2.24, 2.45) is 0 Å². The number of nitrogens with two attached hydrogens (primary N) is 1. The highest BCUT2D eigenvalue weighted by molar-refractivity contribution is 5.80. The lowest BCUT2D eigenvalue weighted by atomic mass is 10.2. The zero-order valence-corrected chi connectivity index (χ0v) is 11.3. The van der Waals surface area contributed by atoms with Gasteiger partial charge in [0.25, 0.3) is 0 Å². The number of nitrogens with zero attached hydrogens (tertiary/aromatic N) is 2. The second kappa shape index (κ2) is 4.74. The van der Waals surface area contributed by atoms with Crippen LogP contribution in [0.3, 0.4) is 0 Å². The molecule has 2 unspecified atom stereocenters. The fourth-order valence-corrected chi connectivity index (χ4v) is 2.97. The number of methoxy groups -OCH3 is 2. The summed E-state index contributed by atoms with van der Waals surface area (Å²) in [5, 5.41) is 0. The largest absolute Gasteiger partial charge is 0.497 e. The van der Waals surface area contributed by atoms with Crippen molar-refractivity contribution in [3.63, 3.8) is 0 Å². The Hall–Kier alpha value is -1.75. The third-order valence-electron chi connectivity index (χ3n) is 3.98. The van der Waals surface area contributed by atoms with Gasteiger partial charge in [-0.2, -0.15) is 0 Å². The van der Waals surface area contributed by atoms with Crippen molar-refractivity contribution in [2.45, 2.75) is 31.4 Å². The Bertz CT molecular complexity index is 594. The smallest absolute Gasteiger partial charge is 0.201 e. The van der Waals surface area contributed by atoms with E-state index in [1.54, 1.807) is 14.2 Å². The highest BCUT2D eigenvalue weighted by Crippen LogP contribution is 2.36. The summed E-state index contributed by atoms with van der Waals surface area (Å²) in [6.07, 6.45) is 3.49. The van der Waals surface area contributed by atoms with Gasteiger partial charge < -0.3 is 19.8 Å². The van der Waals surface area contributed by atoms with Crippen LogP contribution in [0.15, 0.2) is 18.2 Å². The summed E-state index contributed by atoms with van der Waals surface area (Å²) in [6.45, 7) is 0. The molecule has 2 atom stereocenters. The summed E-state index contributed by atoms with van der Waals surface area (Å²) >= 11 is 0. The van der Waals surface area contributed by atoms with E-state index in [-0.39, 0.29) is 0 Å². The van der Waals surface area contributed by atoms with Crippen LogP contribution >= 0.6 is 0 Å². The van der Waals surface area contributed by atoms with E-state index in [9.17, 15) is 0 Å². The molecule has 1 saturated carbocycles. The standard InChI is InChI=1S/C14H19N3O2/c1-18-10-4-3-9(7-10)17-13-6-5-11(19-2)8-12(13)16-14(17)15/h5-6,8-10H,3-4,7H2,1-2H3,(H2,15,16). The summed E-state index contributed by atoms with van der Waals surface area (Å²) in [7, 11) is 3.43. The average Bonchev–Trinajstić information content (AvgIpc) is 3.00. The Balaban J connectivity index is 2.01. The fraction of sp³-hybridized carbons (Fsp3) is 0.500. The fourth-order valence-electron chi connectivity index (χ4n) is 2.97. The van der Waals surface area contributed by atoms with Crippen molar-refractivity contribution in [1.82, 2.24) is 9.55 Å². The molecule has 5 heteroatoms. The van der Waals surface area contributed by atoms with Crippen LogP contribution in [0.2, 0.25) is 0 Å². The molecular formula is C14H19N3O2. The summed E-state index contributed by atoms with van der Waals surface area (Å²) in [6, 6.07) is 6.27. The monoisotopic (exact) mass is 261 g/mol. The van der Waals surface area contributed by atoms with Crippen LogP contribution in [0.1, 0.15) is 25.3 Å². The first-order valence-corrected chi connectivity index (χ1v) is 6.57. The highest BCUT2D eigenvalue weighted by Gasteiger charge is 2.28. The molecular weight excluding hydrogens is 242 g/mol. The van der Waals surface area contributed by atoms with Crippen molar-refractivity contribution < 1.29 is 9.47 Å². The molecule has 5 nitrogen and oxygen atoms in total. The molecule has 1 heterocycles. The van der Waals surface area contributed by atoms with Crippen molar-refractivity contribution in [2.75, 3.05) is 20.0 Å². The lowest BCUT2D eigenvalue weighted by Crippen LogP contribution is -2.11. The van der Waals surface area contributed by atoms with Crippen LogP contribution < -0.4 is 10.5 Å². The van der Waals surface area contributed by atoms with Gasteiger partial charge >= 0.3 is 0 Å². The van der Waals surface area contributed by atoms with Gasteiger partial charge in [-0.05, 0) is 31.4 Å².